The second-order valence-corrected chi connectivity index (χ2v) is 4.33. The van der Waals surface area contributed by atoms with Crippen molar-refractivity contribution in [2.75, 3.05) is 5.88 Å². The zero-order valence-corrected chi connectivity index (χ0v) is 7.86. The Morgan fingerprint density at radius 2 is 2.00 bits per heavy atom. The second-order valence-electron chi connectivity index (χ2n) is 4.06. The molecule has 1 atom stereocenters. The fourth-order valence-corrected chi connectivity index (χ4v) is 1.42. The first-order chi connectivity index (χ1) is 4.97. The highest BCUT2D eigenvalue weighted by Gasteiger charge is 2.30. The molecule has 11 heavy (non-hydrogen) atoms. The first-order valence-electron chi connectivity index (χ1n) is 3.96. The molecule has 0 bridgehead atoms. The number of alkyl halides is 1. The zero-order valence-electron chi connectivity index (χ0n) is 7.10. The minimum absolute atomic E-state index is 0.234. The lowest BCUT2D eigenvalue weighted by atomic mass is 9.77. The predicted molar refractivity (Wildman–Crippen MR) is 47.8 cm³/mol. The van der Waals surface area contributed by atoms with Gasteiger partial charge in [-0.05, 0) is 18.3 Å². The summed E-state index contributed by atoms with van der Waals surface area (Å²) in [5.74, 6) is 0.305. The van der Waals surface area contributed by atoms with Crippen molar-refractivity contribution in [3.05, 3.63) is 12.2 Å². The van der Waals surface area contributed by atoms with Crippen LogP contribution in [0.2, 0.25) is 0 Å². The van der Waals surface area contributed by atoms with E-state index in [2.05, 4.69) is 19.9 Å². The summed E-state index contributed by atoms with van der Waals surface area (Å²) in [6.45, 7) is 4.33. The SMILES string of the molecule is CC1(C)C=C[C@@](O)(CCl)CC1. The minimum atomic E-state index is -0.739. The molecule has 0 fully saturated rings. The molecule has 0 saturated heterocycles. The normalized spacial score (nSPS) is 35.6. The molecular weight excluding hydrogens is 160 g/mol. The fraction of sp³-hybridized carbons (Fsp3) is 0.778. The van der Waals surface area contributed by atoms with Crippen molar-refractivity contribution in [3.63, 3.8) is 0 Å². The van der Waals surface area contributed by atoms with Gasteiger partial charge in [-0.25, -0.2) is 0 Å². The van der Waals surface area contributed by atoms with Crippen LogP contribution in [-0.2, 0) is 0 Å². The van der Waals surface area contributed by atoms with Gasteiger partial charge in [-0.3, -0.25) is 0 Å². The summed E-state index contributed by atoms with van der Waals surface area (Å²) in [5.41, 5.74) is -0.505. The van der Waals surface area contributed by atoms with Crippen molar-refractivity contribution in [2.24, 2.45) is 5.41 Å². The molecule has 2 heteroatoms. The van der Waals surface area contributed by atoms with Gasteiger partial charge in [-0.15, -0.1) is 11.6 Å². The van der Waals surface area contributed by atoms with E-state index in [1.54, 1.807) is 0 Å². The summed E-state index contributed by atoms with van der Waals surface area (Å²) in [6, 6.07) is 0. The van der Waals surface area contributed by atoms with Crippen LogP contribution in [0.4, 0.5) is 0 Å². The molecule has 0 amide bonds. The highest BCUT2D eigenvalue weighted by atomic mass is 35.5. The molecule has 0 aromatic rings. The van der Waals surface area contributed by atoms with E-state index in [0.717, 1.165) is 12.8 Å². The fourth-order valence-electron chi connectivity index (χ4n) is 1.20. The first kappa shape index (κ1) is 9.08. The van der Waals surface area contributed by atoms with Gasteiger partial charge < -0.3 is 5.11 Å². The molecule has 1 nitrogen and oxygen atoms in total. The van der Waals surface area contributed by atoms with Crippen molar-refractivity contribution in [1.82, 2.24) is 0 Å². The predicted octanol–water partition coefficient (Wildman–Crippen LogP) is 2.33. The summed E-state index contributed by atoms with van der Waals surface area (Å²) in [5, 5.41) is 9.69. The quantitative estimate of drug-likeness (QED) is 0.478. The molecule has 1 rings (SSSR count). The van der Waals surface area contributed by atoms with E-state index >= 15 is 0 Å². The number of hydrogen-bond donors (Lipinski definition) is 1. The average Bonchev–Trinajstić information content (AvgIpc) is 1.97. The zero-order chi connectivity index (χ0) is 8.54. The van der Waals surface area contributed by atoms with Crippen LogP contribution in [0.15, 0.2) is 12.2 Å². The van der Waals surface area contributed by atoms with E-state index in [1.165, 1.54) is 0 Å². The van der Waals surface area contributed by atoms with Crippen LogP contribution in [0.25, 0.3) is 0 Å². The molecule has 0 aromatic carbocycles. The number of aliphatic hydroxyl groups is 1. The summed E-state index contributed by atoms with van der Waals surface area (Å²) in [4.78, 5) is 0. The Morgan fingerprint density at radius 1 is 1.36 bits per heavy atom. The van der Waals surface area contributed by atoms with Gasteiger partial charge in [0, 0.05) is 0 Å². The molecule has 1 N–H and O–H groups in total. The Labute approximate surface area is 73.1 Å². The molecule has 0 unspecified atom stereocenters. The Balaban J connectivity index is 2.70. The van der Waals surface area contributed by atoms with Crippen LogP contribution < -0.4 is 0 Å². The molecule has 0 saturated carbocycles. The molecule has 1 aliphatic carbocycles. The third-order valence-corrected chi connectivity index (χ3v) is 2.74. The maximum absolute atomic E-state index is 9.69. The van der Waals surface area contributed by atoms with Crippen LogP contribution in [0.1, 0.15) is 26.7 Å². The van der Waals surface area contributed by atoms with Gasteiger partial charge >= 0.3 is 0 Å². The molecule has 0 radical (unpaired) electrons. The second kappa shape index (κ2) is 2.80. The van der Waals surface area contributed by atoms with Gasteiger partial charge in [0.15, 0.2) is 0 Å². The van der Waals surface area contributed by atoms with E-state index in [4.69, 9.17) is 11.6 Å². The van der Waals surface area contributed by atoms with Gasteiger partial charge in [-0.1, -0.05) is 26.0 Å². The first-order valence-corrected chi connectivity index (χ1v) is 4.50. The van der Waals surface area contributed by atoms with Gasteiger partial charge in [-0.2, -0.15) is 0 Å². The lowest BCUT2D eigenvalue weighted by molar-refractivity contribution is 0.0826. The van der Waals surface area contributed by atoms with Crippen LogP contribution in [0.5, 0.6) is 0 Å². The Hall–Kier alpha value is -0.0100. The van der Waals surface area contributed by atoms with E-state index < -0.39 is 5.60 Å². The maximum Gasteiger partial charge on any atom is 0.0963 e. The van der Waals surface area contributed by atoms with Gasteiger partial charge in [0.2, 0.25) is 0 Å². The van der Waals surface area contributed by atoms with Crippen LogP contribution in [0.3, 0.4) is 0 Å². The van der Waals surface area contributed by atoms with E-state index in [1.807, 2.05) is 6.08 Å². The number of halogens is 1. The largest absolute Gasteiger partial charge is 0.385 e. The summed E-state index contributed by atoms with van der Waals surface area (Å²) < 4.78 is 0. The van der Waals surface area contributed by atoms with Crippen LogP contribution in [-0.4, -0.2) is 16.6 Å². The van der Waals surface area contributed by atoms with Gasteiger partial charge in [0.05, 0.1) is 11.5 Å². The minimum Gasteiger partial charge on any atom is -0.385 e. The van der Waals surface area contributed by atoms with Gasteiger partial charge in [0.25, 0.3) is 0 Å². The van der Waals surface area contributed by atoms with Crippen molar-refractivity contribution < 1.29 is 5.11 Å². The number of allylic oxidation sites excluding steroid dienone is 1. The molecule has 1 aliphatic rings. The van der Waals surface area contributed by atoms with Crippen molar-refractivity contribution in [3.8, 4) is 0 Å². The lowest BCUT2D eigenvalue weighted by Gasteiger charge is -2.33. The van der Waals surface area contributed by atoms with Crippen molar-refractivity contribution >= 4 is 11.6 Å². The van der Waals surface area contributed by atoms with Crippen LogP contribution >= 0.6 is 11.6 Å². The molecule has 64 valence electrons. The summed E-state index contributed by atoms with van der Waals surface area (Å²) in [7, 11) is 0. The van der Waals surface area contributed by atoms with E-state index in [0.29, 0.717) is 5.88 Å². The molecule has 0 heterocycles. The van der Waals surface area contributed by atoms with Gasteiger partial charge in [0.1, 0.15) is 0 Å². The Kier molecular flexibility index (Phi) is 2.31. The topological polar surface area (TPSA) is 20.2 Å². The standard InChI is InChI=1S/C9H15ClO/c1-8(2)3-5-9(11,7-10)6-4-8/h3,5,11H,4,6-7H2,1-2H3/t9-/m0/s1. The van der Waals surface area contributed by atoms with Crippen molar-refractivity contribution in [1.29, 1.82) is 0 Å². The third-order valence-electron chi connectivity index (χ3n) is 2.28. The molecule has 0 aromatic heterocycles. The molecular formula is C9H15ClO. The highest BCUT2D eigenvalue weighted by molar-refractivity contribution is 6.18. The highest BCUT2D eigenvalue weighted by Crippen LogP contribution is 2.34. The summed E-state index contributed by atoms with van der Waals surface area (Å²) >= 11 is 5.61. The molecule has 0 aliphatic heterocycles. The lowest BCUT2D eigenvalue weighted by Crippen LogP contribution is -2.33. The van der Waals surface area contributed by atoms with Crippen LogP contribution in [0, 0.1) is 5.41 Å². The third kappa shape index (κ3) is 2.21. The number of hydrogen-bond acceptors (Lipinski definition) is 1. The van der Waals surface area contributed by atoms with Crippen molar-refractivity contribution in [2.45, 2.75) is 32.3 Å². The average molecular weight is 175 g/mol. The smallest absolute Gasteiger partial charge is 0.0963 e. The Bertz CT molecular complexity index is 174. The number of rotatable bonds is 1. The Morgan fingerprint density at radius 3 is 2.36 bits per heavy atom. The monoisotopic (exact) mass is 174 g/mol. The molecule has 0 spiro atoms. The maximum atomic E-state index is 9.69. The van der Waals surface area contributed by atoms with E-state index in [9.17, 15) is 5.11 Å². The van der Waals surface area contributed by atoms with E-state index in [-0.39, 0.29) is 5.41 Å². The summed E-state index contributed by atoms with van der Waals surface area (Å²) in [6.07, 6.45) is 5.68.